The highest BCUT2D eigenvalue weighted by atomic mass is 16.1. The zero-order valence-electron chi connectivity index (χ0n) is 18.8. The molecule has 32 heavy (non-hydrogen) atoms. The maximum Gasteiger partial charge on any atom is 0.251 e. The quantitative estimate of drug-likeness (QED) is 0.521. The zero-order chi connectivity index (χ0) is 22.4. The Labute approximate surface area is 187 Å². The van der Waals surface area contributed by atoms with Crippen LogP contribution >= 0.6 is 0 Å². The number of aryl methyl sites for hydroxylation is 2. The van der Waals surface area contributed by atoms with Gasteiger partial charge in [-0.3, -0.25) is 9.36 Å². The molecule has 0 saturated heterocycles. The Kier molecular flexibility index (Phi) is 4.89. The average molecular weight is 427 g/mol. The summed E-state index contributed by atoms with van der Waals surface area (Å²) >= 11 is 0. The number of aromatic nitrogens is 4. The van der Waals surface area contributed by atoms with Gasteiger partial charge < -0.3 is 10.2 Å². The summed E-state index contributed by atoms with van der Waals surface area (Å²) in [5, 5.41) is 3.06. The Bertz CT molecular complexity index is 1340. The van der Waals surface area contributed by atoms with E-state index < -0.39 is 0 Å². The fourth-order valence-electron chi connectivity index (χ4n) is 3.91. The number of nitrogens with zero attached hydrogens (tertiary/aromatic N) is 5. The van der Waals surface area contributed by atoms with E-state index in [2.05, 4.69) is 50.3 Å². The van der Waals surface area contributed by atoms with Crippen molar-refractivity contribution in [3.05, 3.63) is 65.7 Å². The van der Waals surface area contributed by atoms with E-state index in [0.29, 0.717) is 17.3 Å². The van der Waals surface area contributed by atoms with Crippen LogP contribution < -0.4 is 10.2 Å². The van der Waals surface area contributed by atoms with Crippen LogP contribution in [-0.4, -0.2) is 45.6 Å². The summed E-state index contributed by atoms with van der Waals surface area (Å²) in [6.07, 6.45) is 5.46. The van der Waals surface area contributed by atoms with E-state index in [1.54, 1.807) is 12.7 Å². The van der Waals surface area contributed by atoms with Gasteiger partial charge in [-0.2, -0.15) is 0 Å². The summed E-state index contributed by atoms with van der Waals surface area (Å²) in [5.41, 5.74) is 8.12. The number of nitrogens with one attached hydrogen (secondary N) is 1. The zero-order valence-corrected chi connectivity index (χ0v) is 18.8. The molecule has 7 nitrogen and oxygen atoms in total. The molecule has 7 heteroatoms. The number of imidazole rings is 1. The maximum atomic E-state index is 12.6. The first kappa shape index (κ1) is 20.2. The van der Waals surface area contributed by atoms with Gasteiger partial charge in [0.2, 0.25) is 0 Å². The predicted octanol–water partition coefficient (Wildman–Crippen LogP) is 4.06. The van der Waals surface area contributed by atoms with E-state index in [1.807, 2.05) is 43.8 Å². The first-order chi connectivity index (χ1) is 15.4. The van der Waals surface area contributed by atoms with Gasteiger partial charge in [-0.25, -0.2) is 15.0 Å². The summed E-state index contributed by atoms with van der Waals surface area (Å²) in [7, 11) is 4.06. The third-order valence-corrected chi connectivity index (χ3v) is 5.96. The molecule has 2 heterocycles. The molecule has 0 spiro atoms. The average Bonchev–Trinajstić information content (AvgIpc) is 3.49. The van der Waals surface area contributed by atoms with Gasteiger partial charge in [-0.05, 0) is 62.1 Å². The second-order valence-corrected chi connectivity index (χ2v) is 8.65. The monoisotopic (exact) mass is 426 g/mol. The van der Waals surface area contributed by atoms with E-state index in [4.69, 9.17) is 0 Å². The fraction of sp³-hybridized carbons (Fsp3) is 0.280. The van der Waals surface area contributed by atoms with E-state index in [0.717, 1.165) is 52.1 Å². The van der Waals surface area contributed by atoms with Crippen molar-refractivity contribution in [2.75, 3.05) is 19.0 Å². The minimum absolute atomic E-state index is 0.0370. The first-order valence-electron chi connectivity index (χ1n) is 10.8. The van der Waals surface area contributed by atoms with Crippen LogP contribution in [-0.2, 0) is 0 Å². The molecule has 162 valence electrons. The van der Waals surface area contributed by atoms with Crippen LogP contribution in [0.5, 0.6) is 0 Å². The minimum atomic E-state index is -0.0370. The molecule has 0 aliphatic heterocycles. The summed E-state index contributed by atoms with van der Waals surface area (Å²) in [5.74, 6) is -0.0370. The topological polar surface area (TPSA) is 75.9 Å². The predicted molar refractivity (Wildman–Crippen MR) is 126 cm³/mol. The standard InChI is InChI=1S/C25H26N6O/c1-15-5-6-17(25(32)29-18-7-8-18)12-21(15)31-14-28-23-22(26-13-27-24(23)31)20-10-9-19(30(3)4)11-16(20)2/h5-6,9-14,18H,7-8H2,1-4H3,(H,29,32). The lowest BCUT2D eigenvalue weighted by molar-refractivity contribution is 0.0951. The van der Waals surface area contributed by atoms with Crippen LogP contribution in [0.4, 0.5) is 5.69 Å². The maximum absolute atomic E-state index is 12.6. The number of amides is 1. The number of carbonyl (C=O) groups excluding carboxylic acids is 1. The van der Waals surface area contributed by atoms with Gasteiger partial charge in [-0.15, -0.1) is 0 Å². The number of hydrogen-bond donors (Lipinski definition) is 1. The SMILES string of the molecule is Cc1cc(N(C)C)ccc1-c1ncnc2c1ncn2-c1cc(C(=O)NC2CC2)ccc1C. The van der Waals surface area contributed by atoms with E-state index in [-0.39, 0.29) is 5.91 Å². The van der Waals surface area contributed by atoms with Crippen molar-refractivity contribution in [3.63, 3.8) is 0 Å². The molecule has 1 aliphatic rings. The minimum Gasteiger partial charge on any atom is -0.378 e. The lowest BCUT2D eigenvalue weighted by atomic mass is 10.0. The van der Waals surface area contributed by atoms with Crippen LogP contribution in [0.3, 0.4) is 0 Å². The third-order valence-electron chi connectivity index (χ3n) is 5.96. The van der Waals surface area contributed by atoms with Crippen LogP contribution in [0.15, 0.2) is 49.1 Å². The molecule has 4 aromatic rings. The van der Waals surface area contributed by atoms with Gasteiger partial charge in [0.25, 0.3) is 5.91 Å². The lowest BCUT2D eigenvalue weighted by Crippen LogP contribution is -2.25. The molecule has 2 aromatic heterocycles. The summed E-state index contributed by atoms with van der Waals surface area (Å²) in [4.78, 5) is 28.4. The van der Waals surface area contributed by atoms with Crippen LogP contribution in [0.2, 0.25) is 0 Å². The Morgan fingerprint density at radius 2 is 1.84 bits per heavy atom. The Morgan fingerprint density at radius 3 is 2.56 bits per heavy atom. The molecular formula is C25H26N6O. The summed E-state index contributed by atoms with van der Waals surface area (Å²) < 4.78 is 1.94. The fourth-order valence-corrected chi connectivity index (χ4v) is 3.91. The Hall–Kier alpha value is -3.74. The number of rotatable bonds is 5. The van der Waals surface area contributed by atoms with Crippen molar-refractivity contribution in [2.45, 2.75) is 32.7 Å². The highest BCUT2D eigenvalue weighted by Crippen LogP contribution is 2.31. The van der Waals surface area contributed by atoms with Crippen LogP contribution in [0, 0.1) is 13.8 Å². The Morgan fingerprint density at radius 1 is 1.03 bits per heavy atom. The van der Waals surface area contributed by atoms with Gasteiger partial charge in [0.15, 0.2) is 5.65 Å². The number of carbonyl (C=O) groups is 1. The molecule has 1 N–H and O–H groups in total. The lowest BCUT2D eigenvalue weighted by Gasteiger charge is -2.15. The molecule has 0 bridgehead atoms. The van der Waals surface area contributed by atoms with Gasteiger partial charge in [0, 0.05) is 37.0 Å². The van der Waals surface area contributed by atoms with Crippen molar-refractivity contribution in [3.8, 4) is 16.9 Å². The first-order valence-corrected chi connectivity index (χ1v) is 10.8. The highest BCUT2D eigenvalue weighted by Gasteiger charge is 2.24. The molecule has 0 unspecified atom stereocenters. The van der Waals surface area contributed by atoms with Crippen molar-refractivity contribution < 1.29 is 4.79 Å². The van der Waals surface area contributed by atoms with Gasteiger partial charge in [-0.1, -0.05) is 12.1 Å². The van der Waals surface area contributed by atoms with Crippen molar-refractivity contribution in [2.24, 2.45) is 0 Å². The molecule has 1 saturated carbocycles. The van der Waals surface area contributed by atoms with Crippen LogP contribution in [0.25, 0.3) is 28.1 Å². The third kappa shape index (κ3) is 3.60. The van der Waals surface area contributed by atoms with Crippen molar-refractivity contribution >= 4 is 22.8 Å². The summed E-state index contributed by atoms with van der Waals surface area (Å²) in [6, 6.07) is 12.4. The van der Waals surface area contributed by atoms with E-state index in [1.165, 1.54) is 0 Å². The smallest absolute Gasteiger partial charge is 0.251 e. The largest absolute Gasteiger partial charge is 0.378 e. The van der Waals surface area contributed by atoms with Gasteiger partial charge in [0.05, 0.1) is 5.69 Å². The molecule has 0 radical (unpaired) electrons. The molecule has 2 aromatic carbocycles. The number of hydrogen-bond acceptors (Lipinski definition) is 5. The second-order valence-electron chi connectivity index (χ2n) is 8.65. The molecule has 5 rings (SSSR count). The molecule has 1 fully saturated rings. The highest BCUT2D eigenvalue weighted by molar-refractivity contribution is 5.95. The van der Waals surface area contributed by atoms with Crippen LogP contribution in [0.1, 0.15) is 34.3 Å². The van der Waals surface area contributed by atoms with Gasteiger partial charge in [0.1, 0.15) is 23.9 Å². The molecule has 0 atom stereocenters. The van der Waals surface area contributed by atoms with Gasteiger partial charge >= 0.3 is 0 Å². The van der Waals surface area contributed by atoms with Crippen molar-refractivity contribution in [1.29, 1.82) is 0 Å². The second kappa shape index (κ2) is 7.75. The number of fused-ring (bicyclic) bond motifs is 1. The molecular weight excluding hydrogens is 400 g/mol. The van der Waals surface area contributed by atoms with E-state index in [9.17, 15) is 4.79 Å². The molecule has 1 amide bonds. The Balaban J connectivity index is 1.59. The molecule has 1 aliphatic carbocycles. The summed E-state index contributed by atoms with van der Waals surface area (Å²) in [6.45, 7) is 4.11. The normalized spacial score (nSPS) is 13.4. The number of anilines is 1. The van der Waals surface area contributed by atoms with E-state index >= 15 is 0 Å². The van der Waals surface area contributed by atoms with Crippen molar-refractivity contribution in [1.82, 2.24) is 24.8 Å². The number of benzene rings is 2.